The molecule has 0 fully saturated rings. The Balaban J connectivity index is 3.21. The maximum Gasteiger partial charge on any atom is 0.329 e. The zero-order valence-electron chi connectivity index (χ0n) is 12.1. The van der Waals surface area contributed by atoms with E-state index in [4.69, 9.17) is 4.74 Å². The molecule has 0 aliphatic rings. The van der Waals surface area contributed by atoms with Gasteiger partial charge in [-0.1, -0.05) is 0 Å². The number of anilines is 1. The Bertz CT molecular complexity index is 460. The second-order valence-electron chi connectivity index (χ2n) is 4.69. The van der Waals surface area contributed by atoms with Crippen molar-refractivity contribution in [3.63, 3.8) is 0 Å². The van der Waals surface area contributed by atoms with Crippen LogP contribution in [0, 0.1) is 6.92 Å². The smallest absolute Gasteiger partial charge is 0.329 e. The van der Waals surface area contributed by atoms with Gasteiger partial charge in [-0.15, -0.1) is 0 Å². The molecule has 0 saturated heterocycles. The van der Waals surface area contributed by atoms with Crippen molar-refractivity contribution < 1.29 is 14.6 Å². The zero-order chi connectivity index (χ0) is 14.6. The van der Waals surface area contributed by atoms with Gasteiger partial charge in [-0.05, 0) is 34.6 Å². The SMILES string of the molecule is CCOc1cc(C)nc(N(CC)C(C)(C)C(=O)O)n1. The van der Waals surface area contributed by atoms with Crippen LogP contribution in [0.3, 0.4) is 0 Å². The molecule has 1 heterocycles. The van der Waals surface area contributed by atoms with Crippen LogP contribution in [0.2, 0.25) is 0 Å². The number of nitrogens with zero attached hydrogens (tertiary/aromatic N) is 3. The predicted octanol–water partition coefficient (Wildman–Crippen LogP) is 1.87. The first-order chi connectivity index (χ1) is 8.82. The first-order valence-electron chi connectivity index (χ1n) is 6.32. The fourth-order valence-corrected chi connectivity index (χ4v) is 1.77. The summed E-state index contributed by atoms with van der Waals surface area (Å²) in [5, 5.41) is 9.32. The Morgan fingerprint density at radius 3 is 2.53 bits per heavy atom. The monoisotopic (exact) mass is 267 g/mol. The lowest BCUT2D eigenvalue weighted by Crippen LogP contribution is -2.51. The van der Waals surface area contributed by atoms with E-state index in [0.29, 0.717) is 25.0 Å². The van der Waals surface area contributed by atoms with E-state index in [2.05, 4.69) is 9.97 Å². The van der Waals surface area contributed by atoms with Crippen LogP contribution < -0.4 is 9.64 Å². The van der Waals surface area contributed by atoms with Crippen LogP contribution in [0.5, 0.6) is 5.88 Å². The van der Waals surface area contributed by atoms with Gasteiger partial charge in [-0.2, -0.15) is 4.98 Å². The number of rotatable bonds is 6. The van der Waals surface area contributed by atoms with E-state index in [0.717, 1.165) is 5.69 Å². The van der Waals surface area contributed by atoms with Gasteiger partial charge in [-0.3, -0.25) is 0 Å². The third kappa shape index (κ3) is 3.33. The lowest BCUT2D eigenvalue weighted by Gasteiger charge is -2.34. The average molecular weight is 267 g/mol. The van der Waals surface area contributed by atoms with Crippen LogP contribution in [-0.4, -0.2) is 39.7 Å². The Kier molecular flexibility index (Phi) is 4.69. The van der Waals surface area contributed by atoms with Gasteiger partial charge in [0.15, 0.2) is 0 Å². The molecule has 0 aliphatic heterocycles. The van der Waals surface area contributed by atoms with Gasteiger partial charge in [0.05, 0.1) is 6.61 Å². The highest BCUT2D eigenvalue weighted by atomic mass is 16.5. The van der Waals surface area contributed by atoms with Gasteiger partial charge in [-0.25, -0.2) is 9.78 Å². The topological polar surface area (TPSA) is 75.5 Å². The third-order valence-corrected chi connectivity index (χ3v) is 2.87. The van der Waals surface area contributed by atoms with Crippen molar-refractivity contribution in [2.75, 3.05) is 18.1 Å². The molecule has 19 heavy (non-hydrogen) atoms. The van der Waals surface area contributed by atoms with Crippen LogP contribution in [0.1, 0.15) is 33.4 Å². The highest BCUT2D eigenvalue weighted by Crippen LogP contribution is 2.23. The predicted molar refractivity (Wildman–Crippen MR) is 72.7 cm³/mol. The molecule has 6 heteroatoms. The number of carboxylic acid groups (broad SMARTS) is 1. The Morgan fingerprint density at radius 1 is 1.42 bits per heavy atom. The van der Waals surface area contributed by atoms with E-state index in [1.165, 1.54) is 0 Å². The molecule has 1 aromatic heterocycles. The first-order valence-corrected chi connectivity index (χ1v) is 6.32. The van der Waals surface area contributed by atoms with E-state index in [1.807, 2.05) is 20.8 Å². The molecule has 0 atom stereocenters. The summed E-state index contributed by atoms with van der Waals surface area (Å²) in [6, 6.07) is 1.73. The molecule has 0 bridgehead atoms. The standard InChI is InChI=1S/C13H21N3O3/c1-6-16(13(4,5)11(17)18)12-14-9(3)8-10(15-12)19-7-2/h8H,6-7H2,1-5H3,(H,17,18). The van der Waals surface area contributed by atoms with E-state index in [9.17, 15) is 9.90 Å². The van der Waals surface area contributed by atoms with Gasteiger partial charge >= 0.3 is 5.97 Å². The molecule has 0 amide bonds. The van der Waals surface area contributed by atoms with Crippen LogP contribution >= 0.6 is 0 Å². The molecular weight excluding hydrogens is 246 g/mol. The summed E-state index contributed by atoms with van der Waals surface area (Å²) < 4.78 is 5.37. The van der Waals surface area contributed by atoms with E-state index >= 15 is 0 Å². The number of aryl methyl sites for hydroxylation is 1. The number of aromatic nitrogens is 2. The summed E-state index contributed by atoms with van der Waals surface area (Å²) in [5.74, 6) is -0.0830. The molecule has 0 spiro atoms. The lowest BCUT2D eigenvalue weighted by molar-refractivity contribution is -0.142. The van der Waals surface area contributed by atoms with E-state index in [1.54, 1.807) is 24.8 Å². The largest absolute Gasteiger partial charge is 0.480 e. The Morgan fingerprint density at radius 2 is 2.05 bits per heavy atom. The molecule has 1 N–H and O–H groups in total. The summed E-state index contributed by atoms with van der Waals surface area (Å²) in [7, 11) is 0. The number of carboxylic acids is 1. The van der Waals surface area contributed by atoms with Gasteiger partial charge in [0.25, 0.3) is 0 Å². The second-order valence-corrected chi connectivity index (χ2v) is 4.69. The summed E-state index contributed by atoms with van der Waals surface area (Å²) in [6.07, 6.45) is 0. The maximum atomic E-state index is 11.4. The third-order valence-electron chi connectivity index (χ3n) is 2.87. The van der Waals surface area contributed by atoms with Gasteiger partial charge in [0.1, 0.15) is 5.54 Å². The maximum absolute atomic E-state index is 11.4. The number of carbonyl (C=O) groups is 1. The summed E-state index contributed by atoms with van der Waals surface area (Å²) in [5.41, 5.74) is -0.334. The van der Waals surface area contributed by atoms with Crippen LogP contribution in [-0.2, 0) is 4.79 Å². The average Bonchev–Trinajstić information content (AvgIpc) is 2.28. The van der Waals surface area contributed by atoms with Gasteiger partial charge in [0, 0.05) is 18.3 Å². The van der Waals surface area contributed by atoms with Crippen LogP contribution in [0.25, 0.3) is 0 Å². The quantitative estimate of drug-likeness (QED) is 0.848. The number of hydrogen-bond acceptors (Lipinski definition) is 5. The van der Waals surface area contributed by atoms with Crippen molar-refractivity contribution in [3.8, 4) is 5.88 Å². The summed E-state index contributed by atoms with van der Waals surface area (Å²) in [6.45, 7) is 9.83. The minimum absolute atomic E-state index is 0.373. The van der Waals surface area contributed by atoms with Crippen molar-refractivity contribution in [1.29, 1.82) is 0 Å². The number of hydrogen-bond donors (Lipinski definition) is 1. The molecule has 0 radical (unpaired) electrons. The molecule has 1 rings (SSSR count). The zero-order valence-corrected chi connectivity index (χ0v) is 12.1. The number of likely N-dealkylation sites (N-methyl/N-ethyl adjacent to an activating group) is 1. The van der Waals surface area contributed by atoms with Crippen molar-refractivity contribution in [3.05, 3.63) is 11.8 Å². The first kappa shape index (κ1) is 15.2. The van der Waals surface area contributed by atoms with Crippen molar-refractivity contribution in [1.82, 2.24) is 9.97 Å². The molecule has 0 aliphatic carbocycles. The Hall–Kier alpha value is -1.85. The molecular formula is C13H21N3O3. The molecule has 0 unspecified atom stereocenters. The van der Waals surface area contributed by atoms with Crippen molar-refractivity contribution in [2.24, 2.45) is 0 Å². The molecule has 106 valence electrons. The Labute approximate surface area is 113 Å². The van der Waals surface area contributed by atoms with Crippen LogP contribution in [0.15, 0.2) is 6.07 Å². The highest BCUT2D eigenvalue weighted by molar-refractivity contribution is 5.81. The van der Waals surface area contributed by atoms with Crippen LogP contribution in [0.4, 0.5) is 5.95 Å². The minimum Gasteiger partial charge on any atom is -0.480 e. The van der Waals surface area contributed by atoms with E-state index < -0.39 is 11.5 Å². The fraction of sp³-hybridized carbons (Fsp3) is 0.615. The minimum atomic E-state index is -1.08. The summed E-state index contributed by atoms with van der Waals surface area (Å²) in [4.78, 5) is 21.6. The molecule has 1 aromatic rings. The fourth-order valence-electron chi connectivity index (χ4n) is 1.77. The van der Waals surface area contributed by atoms with Crippen molar-refractivity contribution in [2.45, 2.75) is 40.2 Å². The number of ether oxygens (including phenoxy) is 1. The highest BCUT2D eigenvalue weighted by Gasteiger charge is 2.35. The lowest BCUT2D eigenvalue weighted by atomic mass is 10.0. The van der Waals surface area contributed by atoms with Crippen molar-refractivity contribution >= 4 is 11.9 Å². The molecule has 6 nitrogen and oxygen atoms in total. The summed E-state index contributed by atoms with van der Waals surface area (Å²) >= 11 is 0. The number of aliphatic carboxylic acids is 1. The normalized spacial score (nSPS) is 11.2. The molecule has 0 aromatic carbocycles. The molecule has 0 saturated carbocycles. The van der Waals surface area contributed by atoms with E-state index in [-0.39, 0.29) is 0 Å². The van der Waals surface area contributed by atoms with Gasteiger partial charge < -0.3 is 14.7 Å². The van der Waals surface area contributed by atoms with Gasteiger partial charge in [0.2, 0.25) is 11.8 Å². The second kappa shape index (κ2) is 5.86.